The predicted octanol–water partition coefficient (Wildman–Crippen LogP) is 7.95. The molecule has 35 heavy (non-hydrogen) atoms. The molecule has 0 aliphatic rings. The molecule has 1 atom stereocenters. The monoisotopic (exact) mass is 474 g/mol. The summed E-state index contributed by atoms with van der Waals surface area (Å²) >= 11 is 1.68. The molecule has 0 bridgehead atoms. The molecular formula is C31H26N2OS. The summed E-state index contributed by atoms with van der Waals surface area (Å²) in [5.74, 6) is -0.208. The molecule has 4 aromatic carbocycles. The number of nitrogens with one attached hydrogen (secondary N) is 1. The molecule has 0 saturated heterocycles. The second-order valence-corrected chi connectivity index (χ2v) is 9.64. The molecule has 4 heteroatoms. The van der Waals surface area contributed by atoms with Crippen LogP contribution in [0.15, 0.2) is 130 Å². The van der Waals surface area contributed by atoms with E-state index in [0.29, 0.717) is 17.8 Å². The van der Waals surface area contributed by atoms with Crippen molar-refractivity contribution in [2.45, 2.75) is 29.2 Å². The Kier molecular flexibility index (Phi) is 6.92. The van der Waals surface area contributed by atoms with E-state index in [2.05, 4.69) is 35.3 Å². The minimum absolute atomic E-state index is 0.0386. The Hall–Kier alpha value is -3.89. The average molecular weight is 475 g/mol. The standard InChI is InChI=1S/C31H26N2OS/c1-22(29-20-25-12-8-9-15-28(25)33-29)30(32-21-23-10-4-2-5-11-23)31(34)24-16-18-27(19-17-24)35-26-13-6-3-7-14-26/h2-20,22,33H,21H2,1H3. The lowest BCUT2D eigenvalue weighted by Gasteiger charge is -2.14. The summed E-state index contributed by atoms with van der Waals surface area (Å²) in [5, 5.41) is 1.13. The second-order valence-electron chi connectivity index (χ2n) is 8.49. The number of fused-ring (bicyclic) bond motifs is 1. The van der Waals surface area contributed by atoms with Crippen LogP contribution in [0.1, 0.15) is 34.5 Å². The van der Waals surface area contributed by atoms with Crippen LogP contribution >= 0.6 is 11.8 Å². The van der Waals surface area contributed by atoms with Gasteiger partial charge in [-0.1, -0.05) is 85.4 Å². The van der Waals surface area contributed by atoms with Gasteiger partial charge in [0.1, 0.15) is 0 Å². The number of benzene rings is 4. The second kappa shape index (κ2) is 10.6. The Morgan fingerprint density at radius 3 is 2.14 bits per heavy atom. The number of para-hydroxylation sites is 1. The predicted molar refractivity (Wildman–Crippen MR) is 146 cm³/mol. The number of Topliss-reactive ketones (excluding diaryl/α,β-unsaturated/α-hetero) is 1. The summed E-state index contributed by atoms with van der Waals surface area (Å²) in [7, 11) is 0. The lowest BCUT2D eigenvalue weighted by molar-refractivity contribution is 0.106. The van der Waals surface area contributed by atoms with Crippen LogP contribution in [0.25, 0.3) is 10.9 Å². The lowest BCUT2D eigenvalue weighted by Crippen LogP contribution is -2.21. The Morgan fingerprint density at radius 2 is 1.43 bits per heavy atom. The van der Waals surface area contributed by atoms with E-state index in [1.54, 1.807) is 11.8 Å². The molecule has 172 valence electrons. The Balaban J connectivity index is 1.44. The number of rotatable bonds is 8. The fourth-order valence-corrected chi connectivity index (χ4v) is 4.93. The molecule has 1 unspecified atom stereocenters. The van der Waals surface area contributed by atoms with Gasteiger partial charge in [0.2, 0.25) is 5.78 Å². The Morgan fingerprint density at radius 1 is 0.800 bits per heavy atom. The molecule has 0 saturated carbocycles. The number of aromatic amines is 1. The van der Waals surface area contributed by atoms with E-state index >= 15 is 0 Å². The smallest absolute Gasteiger partial charge is 0.207 e. The first kappa shape index (κ1) is 22.9. The first-order valence-electron chi connectivity index (χ1n) is 11.7. The zero-order valence-corrected chi connectivity index (χ0v) is 20.3. The zero-order valence-electron chi connectivity index (χ0n) is 19.5. The highest BCUT2D eigenvalue weighted by Gasteiger charge is 2.23. The van der Waals surface area contributed by atoms with Gasteiger partial charge < -0.3 is 4.98 Å². The van der Waals surface area contributed by atoms with Crippen molar-refractivity contribution in [3.05, 3.63) is 132 Å². The summed E-state index contributed by atoms with van der Waals surface area (Å²) in [6, 6.07) is 38.4. The summed E-state index contributed by atoms with van der Waals surface area (Å²) in [5.41, 5.74) is 4.34. The van der Waals surface area contributed by atoms with E-state index in [1.807, 2.05) is 91.9 Å². The number of aromatic nitrogens is 1. The molecular weight excluding hydrogens is 448 g/mol. The molecule has 5 rings (SSSR count). The van der Waals surface area contributed by atoms with Gasteiger partial charge in [0, 0.05) is 32.5 Å². The number of hydrogen-bond donors (Lipinski definition) is 1. The van der Waals surface area contributed by atoms with Crippen LogP contribution in [0.5, 0.6) is 0 Å². The zero-order chi connectivity index (χ0) is 24.0. The first-order valence-corrected chi connectivity index (χ1v) is 12.5. The quantitative estimate of drug-likeness (QED) is 0.183. The van der Waals surface area contributed by atoms with Crippen molar-refractivity contribution in [3.8, 4) is 0 Å². The summed E-state index contributed by atoms with van der Waals surface area (Å²) in [4.78, 5) is 24.3. The van der Waals surface area contributed by atoms with Crippen LogP contribution in [0.4, 0.5) is 0 Å². The maximum absolute atomic E-state index is 13.7. The van der Waals surface area contributed by atoms with Crippen molar-refractivity contribution in [2.75, 3.05) is 0 Å². The van der Waals surface area contributed by atoms with E-state index in [0.717, 1.165) is 27.1 Å². The van der Waals surface area contributed by atoms with E-state index in [9.17, 15) is 4.79 Å². The largest absolute Gasteiger partial charge is 0.358 e. The van der Waals surface area contributed by atoms with Crippen molar-refractivity contribution in [1.82, 2.24) is 4.98 Å². The van der Waals surface area contributed by atoms with E-state index in [1.165, 1.54) is 4.90 Å². The maximum atomic E-state index is 13.7. The molecule has 3 nitrogen and oxygen atoms in total. The minimum atomic E-state index is -0.169. The topological polar surface area (TPSA) is 45.2 Å². The number of ketones is 1. The first-order chi connectivity index (χ1) is 17.2. The fourth-order valence-electron chi connectivity index (χ4n) is 4.09. The van der Waals surface area contributed by atoms with Gasteiger partial charge in [-0.05, 0) is 59.5 Å². The molecule has 0 radical (unpaired) electrons. The van der Waals surface area contributed by atoms with Gasteiger partial charge >= 0.3 is 0 Å². The highest BCUT2D eigenvalue weighted by atomic mass is 32.2. The molecule has 0 fully saturated rings. The van der Waals surface area contributed by atoms with Crippen molar-refractivity contribution < 1.29 is 4.79 Å². The number of hydrogen-bond acceptors (Lipinski definition) is 3. The van der Waals surface area contributed by atoms with Crippen LogP contribution in [0, 0.1) is 0 Å². The van der Waals surface area contributed by atoms with Gasteiger partial charge in [-0.25, -0.2) is 0 Å². The van der Waals surface area contributed by atoms with Crippen LogP contribution < -0.4 is 0 Å². The molecule has 0 spiro atoms. The van der Waals surface area contributed by atoms with Crippen LogP contribution in [0.3, 0.4) is 0 Å². The average Bonchev–Trinajstić information content (AvgIpc) is 3.35. The number of H-pyrrole nitrogens is 1. The van der Waals surface area contributed by atoms with Gasteiger partial charge in [-0.2, -0.15) is 0 Å². The third-order valence-electron chi connectivity index (χ3n) is 6.03. The normalized spacial score (nSPS) is 12.5. The summed E-state index contributed by atoms with van der Waals surface area (Å²) < 4.78 is 0. The Labute approximate surface area is 209 Å². The van der Waals surface area contributed by atoms with E-state index in [4.69, 9.17) is 4.99 Å². The van der Waals surface area contributed by atoms with Crippen LogP contribution in [-0.2, 0) is 6.54 Å². The van der Waals surface area contributed by atoms with Gasteiger partial charge in [0.15, 0.2) is 0 Å². The molecule has 1 aromatic heterocycles. The number of carbonyl (C=O) groups is 1. The Bertz CT molecular complexity index is 1420. The highest BCUT2D eigenvalue weighted by molar-refractivity contribution is 7.99. The third-order valence-corrected chi connectivity index (χ3v) is 7.05. The van der Waals surface area contributed by atoms with Crippen LogP contribution in [0.2, 0.25) is 0 Å². The molecule has 0 aliphatic carbocycles. The van der Waals surface area contributed by atoms with Gasteiger partial charge in [-0.15, -0.1) is 0 Å². The SMILES string of the molecule is CC(C(=NCc1ccccc1)C(=O)c1ccc(Sc2ccccc2)cc1)c1cc2ccccc2[nH]1. The fraction of sp³-hybridized carbons (Fsp3) is 0.0968. The number of carbonyl (C=O) groups excluding carboxylic acids is 1. The summed E-state index contributed by atoms with van der Waals surface area (Å²) in [6.45, 7) is 2.51. The molecule has 0 amide bonds. The third kappa shape index (κ3) is 5.44. The van der Waals surface area contributed by atoms with Gasteiger partial charge in [-0.3, -0.25) is 9.79 Å². The molecule has 0 aliphatic heterocycles. The van der Waals surface area contributed by atoms with Crippen LogP contribution in [-0.4, -0.2) is 16.5 Å². The number of aliphatic imine (C=N–C) groups is 1. The van der Waals surface area contributed by atoms with Gasteiger partial charge in [0.05, 0.1) is 12.3 Å². The highest BCUT2D eigenvalue weighted by Crippen LogP contribution is 2.28. The maximum Gasteiger partial charge on any atom is 0.207 e. The van der Waals surface area contributed by atoms with Crippen molar-refractivity contribution in [1.29, 1.82) is 0 Å². The minimum Gasteiger partial charge on any atom is -0.358 e. The molecule has 1 heterocycles. The molecule has 1 N–H and O–H groups in total. The number of nitrogens with zero attached hydrogens (tertiary/aromatic N) is 1. The summed E-state index contributed by atoms with van der Waals surface area (Å²) in [6.07, 6.45) is 0. The van der Waals surface area contributed by atoms with Gasteiger partial charge in [0.25, 0.3) is 0 Å². The van der Waals surface area contributed by atoms with Crippen molar-refractivity contribution >= 4 is 34.2 Å². The van der Waals surface area contributed by atoms with E-state index < -0.39 is 0 Å². The van der Waals surface area contributed by atoms with Crippen molar-refractivity contribution in [2.24, 2.45) is 4.99 Å². The van der Waals surface area contributed by atoms with Crippen molar-refractivity contribution in [3.63, 3.8) is 0 Å². The molecule has 5 aromatic rings. The van der Waals surface area contributed by atoms with E-state index in [-0.39, 0.29) is 11.7 Å². The lowest BCUT2D eigenvalue weighted by atomic mass is 9.94.